The highest BCUT2D eigenvalue weighted by molar-refractivity contribution is 7.09. The number of hydrogen-bond acceptors (Lipinski definition) is 3. The zero-order valence-electron chi connectivity index (χ0n) is 10.2. The van der Waals surface area contributed by atoms with E-state index < -0.39 is 0 Å². The van der Waals surface area contributed by atoms with Gasteiger partial charge in [0.1, 0.15) is 0 Å². The van der Waals surface area contributed by atoms with Gasteiger partial charge in [0, 0.05) is 17.5 Å². The van der Waals surface area contributed by atoms with Gasteiger partial charge in [-0.3, -0.25) is 0 Å². The zero-order chi connectivity index (χ0) is 11.3. The van der Waals surface area contributed by atoms with Gasteiger partial charge in [-0.25, -0.2) is 4.98 Å². The van der Waals surface area contributed by atoms with Crippen molar-refractivity contribution in [1.29, 1.82) is 0 Å². The van der Waals surface area contributed by atoms with Crippen LogP contribution >= 0.6 is 11.3 Å². The summed E-state index contributed by atoms with van der Waals surface area (Å²) in [6.45, 7) is 9.87. The highest BCUT2D eigenvalue weighted by Crippen LogP contribution is 2.15. The molecule has 0 aliphatic heterocycles. The average Bonchev–Trinajstić information content (AvgIpc) is 2.63. The van der Waals surface area contributed by atoms with Crippen molar-refractivity contribution in [3.8, 4) is 0 Å². The van der Waals surface area contributed by atoms with Crippen molar-refractivity contribution in [1.82, 2.24) is 10.3 Å². The molecule has 0 amide bonds. The van der Waals surface area contributed by atoms with Crippen LogP contribution in [0.5, 0.6) is 0 Å². The highest BCUT2D eigenvalue weighted by Gasteiger charge is 2.13. The van der Waals surface area contributed by atoms with Gasteiger partial charge < -0.3 is 5.32 Å². The number of aryl methyl sites for hydroxylation is 1. The molecule has 1 rings (SSSR count). The van der Waals surface area contributed by atoms with Crippen molar-refractivity contribution in [3.05, 3.63) is 16.1 Å². The Kier molecular flexibility index (Phi) is 5.26. The van der Waals surface area contributed by atoms with E-state index in [0.717, 1.165) is 12.5 Å². The van der Waals surface area contributed by atoms with Crippen molar-refractivity contribution < 1.29 is 0 Å². The molecular weight excluding hydrogens is 204 g/mol. The van der Waals surface area contributed by atoms with Gasteiger partial charge in [-0.2, -0.15) is 0 Å². The van der Waals surface area contributed by atoms with Gasteiger partial charge in [0.25, 0.3) is 0 Å². The maximum Gasteiger partial charge on any atom is 0.0798 e. The fourth-order valence-electron chi connectivity index (χ4n) is 1.91. The molecule has 1 unspecified atom stereocenters. The lowest BCUT2D eigenvalue weighted by Crippen LogP contribution is -2.32. The third-order valence-corrected chi connectivity index (χ3v) is 4.12. The van der Waals surface area contributed by atoms with Crippen LogP contribution in [-0.4, -0.2) is 11.0 Å². The maximum atomic E-state index is 4.26. The SMILES string of the molecule is CCC(CC)C(C)NCc1scnc1C. The molecule has 1 heterocycles. The lowest BCUT2D eigenvalue weighted by atomic mass is 9.95. The summed E-state index contributed by atoms with van der Waals surface area (Å²) in [7, 11) is 0. The summed E-state index contributed by atoms with van der Waals surface area (Å²) in [5.74, 6) is 0.790. The normalized spacial score (nSPS) is 13.4. The molecule has 0 bridgehead atoms. The molecule has 1 aromatic rings. The summed E-state index contributed by atoms with van der Waals surface area (Å²) in [5, 5.41) is 3.60. The molecule has 1 atom stereocenters. The molecule has 1 N–H and O–H groups in total. The molecule has 0 aliphatic carbocycles. The van der Waals surface area contributed by atoms with Gasteiger partial charge in [0.15, 0.2) is 0 Å². The molecule has 2 nitrogen and oxygen atoms in total. The minimum atomic E-state index is 0.599. The average molecular weight is 226 g/mol. The number of aromatic nitrogens is 1. The number of hydrogen-bond donors (Lipinski definition) is 1. The van der Waals surface area contributed by atoms with E-state index in [4.69, 9.17) is 0 Å². The molecule has 0 saturated carbocycles. The Bertz CT molecular complexity index is 279. The van der Waals surface area contributed by atoms with E-state index in [1.807, 2.05) is 5.51 Å². The van der Waals surface area contributed by atoms with E-state index >= 15 is 0 Å². The summed E-state index contributed by atoms with van der Waals surface area (Å²) < 4.78 is 0. The quantitative estimate of drug-likeness (QED) is 0.804. The van der Waals surface area contributed by atoms with Gasteiger partial charge in [0.05, 0.1) is 11.2 Å². The molecule has 0 aromatic carbocycles. The van der Waals surface area contributed by atoms with Crippen molar-refractivity contribution in [2.45, 2.75) is 53.1 Å². The first-order chi connectivity index (χ1) is 7.19. The van der Waals surface area contributed by atoms with Gasteiger partial charge in [-0.15, -0.1) is 11.3 Å². The molecule has 1 aromatic heterocycles. The highest BCUT2D eigenvalue weighted by atomic mass is 32.1. The minimum absolute atomic E-state index is 0.599. The maximum absolute atomic E-state index is 4.26. The summed E-state index contributed by atoms with van der Waals surface area (Å²) in [5.41, 5.74) is 3.10. The van der Waals surface area contributed by atoms with Crippen LogP contribution in [0.3, 0.4) is 0 Å². The van der Waals surface area contributed by atoms with E-state index in [1.54, 1.807) is 11.3 Å². The minimum Gasteiger partial charge on any atom is -0.309 e. The monoisotopic (exact) mass is 226 g/mol. The summed E-state index contributed by atoms with van der Waals surface area (Å²) in [4.78, 5) is 5.63. The smallest absolute Gasteiger partial charge is 0.0798 e. The second-order valence-electron chi connectivity index (χ2n) is 4.11. The third kappa shape index (κ3) is 3.58. The Morgan fingerprint density at radius 1 is 1.40 bits per heavy atom. The molecule has 86 valence electrons. The number of nitrogens with one attached hydrogen (secondary N) is 1. The van der Waals surface area contributed by atoms with Gasteiger partial charge in [-0.05, 0) is 19.8 Å². The van der Waals surface area contributed by atoms with Crippen LogP contribution in [0, 0.1) is 12.8 Å². The Balaban J connectivity index is 2.40. The van der Waals surface area contributed by atoms with Crippen LogP contribution < -0.4 is 5.32 Å². The van der Waals surface area contributed by atoms with E-state index in [-0.39, 0.29) is 0 Å². The third-order valence-electron chi connectivity index (χ3n) is 3.19. The second-order valence-corrected chi connectivity index (χ2v) is 5.05. The fourth-order valence-corrected chi connectivity index (χ4v) is 2.64. The van der Waals surface area contributed by atoms with Crippen LogP contribution in [-0.2, 0) is 6.54 Å². The lowest BCUT2D eigenvalue weighted by molar-refractivity contribution is 0.353. The van der Waals surface area contributed by atoms with Gasteiger partial charge in [0.2, 0.25) is 0 Å². The van der Waals surface area contributed by atoms with Crippen molar-refractivity contribution in [2.24, 2.45) is 5.92 Å². The zero-order valence-corrected chi connectivity index (χ0v) is 11.0. The Labute approximate surface area is 97.1 Å². The first kappa shape index (κ1) is 12.7. The largest absolute Gasteiger partial charge is 0.309 e. The molecule has 0 fully saturated rings. The standard InChI is InChI=1S/C12H22N2S/c1-5-11(6-2)9(3)13-7-12-10(4)14-8-15-12/h8-9,11,13H,5-7H2,1-4H3. The van der Waals surface area contributed by atoms with Crippen molar-refractivity contribution in [2.75, 3.05) is 0 Å². The number of thiazole rings is 1. The van der Waals surface area contributed by atoms with E-state index in [2.05, 4.69) is 38.0 Å². The predicted octanol–water partition coefficient (Wildman–Crippen LogP) is 3.37. The Morgan fingerprint density at radius 3 is 2.53 bits per heavy atom. The Hall–Kier alpha value is -0.410. The van der Waals surface area contributed by atoms with E-state index in [1.165, 1.54) is 23.4 Å². The van der Waals surface area contributed by atoms with Crippen LogP contribution in [0.25, 0.3) is 0 Å². The van der Waals surface area contributed by atoms with Gasteiger partial charge >= 0.3 is 0 Å². The molecule has 3 heteroatoms. The van der Waals surface area contributed by atoms with Crippen molar-refractivity contribution >= 4 is 11.3 Å². The first-order valence-corrected chi connectivity index (χ1v) is 6.69. The summed E-state index contributed by atoms with van der Waals surface area (Å²) >= 11 is 1.74. The van der Waals surface area contributed by atoms with Gasteiger partial charge in [-0.1, -0.05) is 26.7 Å². The molecule has 0 aliphatic rings. The number of rotatable bonds is 6. The first-order valence-electron chi connectivity index (χ1n) is 5.81. The molecule has 0 radical (unpaired) electrons. The predicted molar refractivity (Wildman–Crippen MR) is 67.2 cm³/mol. The molecule has 15 heavy (non-hydrogen) atoms. The van der Waals surface area contributed by atoms with Crippen LogP contribution in [0.15, 0.2) is 5.51 Å². The van der Waals surface area contributed by atoms with Crippen LogP contribution in [0.1, 0.15) is 44.2 Å². The topological polar surface area (TPSA) is 24.9 Å². The van der Waals surface area contributed by atoms with E-state index in [0.29, 0.717) is 6.04 Å². The fraction of sp³-hybridized carbons (Fsp3) is 0.750. The van der Waals surface area contributed by atoms with Crippen LogP contribution in [0.2, 0.25) is 0 Å². The van der Waals surface area contributed by atoms with E-state index in [9.17, 15) is 0 Å². The Morgan fingerprint density at radius 2 is 2.07 bits per heavy atom. The molecule has 0 saturated heterocycles. The summed E-state index contributed by atoms with van der Waals surface area (Å²) in [6, 6.07) is 0.599. The lowest BCUT2D eigenvalue weighted by Gasteiger charge is -2.22. The summed E-state index contributed by atoms with van der Waals surface area (Å²) in [6.07, 6.45) is 2.51. The second kappa shape index (κ2) is 6.23. The number of nitrogens with zero attached hydrogens (tertiary/aromatic N) is 1. The van der Waals surface area contributed by atoms with Crippen LogP contribution in [0.4, 0.5) is 0 Å². The molecule has 0 spiro atoms. The molecular formula is C12H22N2S. The van der Waals surface area contributed by atoms with Crippen molar-refractivity contribution in [3.63, 3.8) is 0 Å².